The number of anilines is 2. The molecule has 3 amide bonds. The third kappa shape index (κ3) is 3.36. The van der Waals surface area contributed by atoms with Crippen LogP contribution in [0.3, 0.4) is 0 Å². The zero-order valence-electron chi connectivity index (χ0n) is 18.5. The summed E-state index contributed by atoms with van der Waals surface area (Å²) in [5, 5.41) is 2.91. The van der Waals surface area contributed by atoms with Crippen molar-refractivity contribution in [3.63, 3.8) is 0 Å². The molecule has 2 aliphatic rings. The highest BCUT2D eigenvalue weighted by atomic mass is 16.5. The van der Waals surface area contributed by atoms with Gasteiger partial charge < -0.3 is 19.7 Å². The van der Waals surface area contributed by atoms with E-state index in [0.717, 1.165) is 12.8 Å². The Kier molecular flexibility index (Phi) is 5.78. The minimum absolute atomic E-state index is 0.176. The monoisotopic (exact) mass is 437 g/mol. The molecule has 0 aliphatic carbocycles. The van der Waals surface area contributed by atoms with Gasteiger partial charge in [-0.25, -0.2) is 0 Å². The third-order valence-corrected chi connectivity index (χ3v) is 6.08. The van der Waals surface area contributed by atoms with Gasteiger partial charge in [-0.2, -0.15) is 0 Å². The van der Waals surface area contributed by atoms with Crippen molar-refractivity contribution in [1.82, 2.24) is 4.90 Å². The summed E-state index contributed by atoms with van der Waals surface area (Å²) in [4.78, 5) is 43.5. The number of amides is 3. The molecule has 0 bridgehead atoms. The average molecular weight is 437 g/mol. The first-order valence-corrected chi connectivity index (χ1v) is 10.7. The topological polar surface area (TPSA) is 88.2 Å². The minimum atomic E-state index is -1.42. The molecule has 1 saturated heterocycles. The van der Waals surface area contributed by atoms with Crippen LogP contribution in [0.25, 0.3) is 0 Å². The lowest BCUT2D eigenvalue weighted by Crippen LogP contribution is -2.69. The van der Waals surface area contributed by atoms with Gasteiger partial charge in [0, 0.05) is 43.3 Å². The van der Waals surface area contributed by atoms with Gasteiger partial charge in [-0.1, -0.05) is 25.5 Å². The fraction of sp³-hybridized carbons (Fsp3) is 0.375. The molecule has 2 aromatic rings. The fourth-order valence-corrected chi connectivity index (χ4v) is 4.51. The normalized spacial score (nSPS) is 19.5. The van der Waals surface area contributed by atoms with Crippen LogP contribution in [-0.4, -0.2) is 49.0 Å². The fourth-order valence-electron chi connectivity index (χ4n) is 4.51. The van der Waals surface area contributed by atoms with E-state index in [-0.39, 0.29) is 24.7 Å². The second-order valence-electron chi connectivity index (χ2n) is 7.93. The van der Waals surface area contributed by atoms with Crippen LogP contribution in [0.4, 0.5) is 11.4 Å². The van der Waals surface area contributed by atoms with Crippen molar-refractivity contribution < 1.29 is 23.9 Å². The van der Waals surface area contributed by atoms with E-state index >= 15 is 0 Å². The van der Waals surface area contributed by atoms with Crippen LogP contribution in [0.2, 0.25) is 0 Å². The van der Waals surface area contributed by atoms with E-state index in [9.17, 15) is 14.4 Å². The van der Waals surface area contributed by atoms with Crippen LogP contribution >= 0.6 is 0 Å². The second-order valence-corrected chi connectivity index (χ2v) is 7.93. The smallest absolute Gasteiger partial charge is 0.271 e. The van der Waals surface area contributed by atoms with Crippen molar-refractivity contribution in [2.24, 2.45) is 0 Å². The summed E-state index contributed by atoms with van der Waals surface area (Å²) in [6, 6.07) is 12.0. The predicted octanol–water partition coefficient (Wildman–Crippen LogP) is 3.42. The zero-order valence-corrected chi connectivity index (χ0v) is 18.5. The van der Waals surface area contributed by atoms with Gasteiger partial charge in [-0.05, 0) is 18.6 Å². The number of hydrogen-bond acceptors (Lipinski definition) is 5. The molecular formula is C24H27N3O5. The van der Waals surface area contributed by atoms with Gasteiger partial charge in [0.15, 0.2) is 0 Å². The van der Waals surface area contributed by atoms with E-state index in [0.29, 0.717) is 35.0 Å². The highest BCUT2D eigenvalue weighted by Crippen LogP contribution is 2.45. The number of unbranched alkanes of at least 4 members (excludes halogenated alkanes) is 1. The second kappa shape index (κ2) is 8.53. The van der Waals surface area contributed by atoms with Gasteiger partial charge in [0.2, 0.25) is 11.6 Å². The van der Waals surface area contributed by atoms with E-state index in [2.05, 4.69) is 5.32 Å². The first kappa shape index (κ1) is 21.7. The molecule has 168 valence electrons. The van der Waals surface area contributed by atoms with Gasteiger partial charge >= 0.3 is 0 Å². The number of methoxy groups -OCH3 is 2. The zero-order chi connectivity index (χ0) is 22.9. The maximum absolute atomic E-state index is 13.9. The van der Waals surface area contributed by atoms with Crippen LogP contribution in [-0.2, 0) is 9.59 Å². The van der Waals surface area contributed by atoms with Crippen LogP contribution in [0.15, 0.2) is 42.5 Å². The van der Waals surface area contributed by atoms with E-state index in [4.69, 9.17) is 9.47 Å². The maximum atomic E-state index is 13.9. The molecule has 0 radical (unpaired) electrons. The number of carbonyl (C=O) groups excluding carboxylic acids is 3. The summed E-state index contributed by atoms with van der Waals surface area (Å²) in [6.07, 6.45) is 1.98. The summed E-state index contributed by atoms with van der Waals surface area (Å²) in [7, 11) is 3.05. The van der Waals surface area contributed by atoms with E-state index < -0.39 is 11.6 Å². The Balaban J connectivity index is 1.81. The third-order valence-electron chi connectivity index (χ3n) is 6.08. The molecule has 0 spiro atoms. The highest BCUT2D eigenvalue weighted by Gasteiger charge is 2.60. The van der Waals surface area contributed by atoms with E-state index in [1.54, 1.807) is 47.4 Å². The first-order valence-electron chi connectivity index (χ1n) is 10.7. The van der Waals surface area contributed by atoms with Crippen molar-refractivity contribution in [2.75, 3.05) is 31.0 Å². The number of carbonyl (C=O) groups is 3. The van der Waals surface area contributed by atoms with Gasteiger partial charge in [0.25, 0.3) is 11.8 Å². The molecule has 1 N–H and O–H groups in total. The quantitative estimate of drug-likeness (QED) is 0.717. The van der Waals surface area contributed by atoms with Gasteiger partial charge in [-0.15, -0.1) is 0 Å². The number of nitrogens with one attached hydrogen (secondary N) is 1. The van der Waals surface area contributed by atoms with E-state index in [1.807, 2.05) is 6.92 Å². The van der Waals surface area contributed by atoms with Gasteiger partial charge in [-0.3, -0.25) is 19.3 Å². The van der Waals surface area contributed by atoms with Crippen molar-refractivity contribution in [3.8, 4) is 11.5 Å². The van der Waals surface area contributed by atoms with Crippen LogP contribution < -0.4 is 19.7 Å². The van der Waals surface area contributed by atoms with Gasteiger partial charge in [0.05, 0.1) is 25.5 Å². The van der Waals surface area contributed by atoms with Crippen molar-refractivity contribution >= 4 is 29.1 Å². The number of fused-ring (bicyclic) bond motifs is 3. The molecule has 2 aromatic carbocycles. The SMILES string of the molecule is CCCCN1C(=O)c2ccccc2N2C(=O)CC[C@@]12C(=O)Nc1cc(OC)cc(OC)c1. The number of para-hydroxylation sites is 1. The highest BCUT2D eigenvalue weighted by molar-refractivity contribution is 6.18. The molecule has 1 fully saturated rings. The Bertz CT molecular complexity index is 1050. The molecule has 4 rings (SSSR count). The van der Waals surface area contributed by atoms with Gasteiger partial charge in [0.1, 0.15) is 11.5 Å². The number of ether oxygens (including phenoxy) is 2. The maximum Gasteiger partial charge on any atom is 0.271 e. The summed E-state index contributed by atoms with van der Waals surface area (Å²) < 4.78 is 10.6. The van der Waals surface area contributed by atoms with Crippen LogP contribution in [0, 0.1) is 0 Å². The summed E-state index contributed by atoms with van der Waals surface area (Å²) >= 11 is 0. The molecule has 8 heteroatoms. The molecule has 1 atom stereocenters. The lowest BCUT2D eigenvalue weighted by atomic mass is 9.95. The Labute approximate surface area is 187 Å². The lowest BCUT2D eigenvalue weighted by Gasteiger charge is -2.49. The van der Waals surface area contributed by atoms with E-state index in [1.165, 1.54) is 19.1 Å². The minimum Gasteiger partial charge on any atom is -0.497 e. The largest absolute Gasteiger partial charge is 0.497 e. The Hall–Kier alpha value is -3.55. The molecule has 2 aliphatic heterocycles. The Morgan fingerprint density at radius 3 is 2.44 bits per heavy atom. The molecule has 0 unspecified atom stereocenters. The molecule has 8 nitrogen and oxygen atoms in total. The number of hydrogen-bond donors (Lipinski definition) is 1. The van der Waals surface area contributed by atoms with Crippen molar-refractivity contribution in [1.29, 1.82) is 0 Å². The average Bonchev–Trinajstić information content (AvgIpc) is 3.17. The number of benzene rings is 2. The van der Waals surface area contributed by atoms with Crippen molar-refractivity contribution in [2.45, 2.75) is 38.3 Å². The number of rotatable bonds is 7. The van der Waals surface area contributed by atoms with Crippen LogP contribution in [0.5, 0.6) is 11.5 Å². The molecular weight excluding hydrogens is 410 g/mol. The predicted molar refractivity (Wildman–Crippen MR) is 120 cm³/mol. The molecule has 2 heterocycles. The molecule has 32 heavy (non-hydrogen) atoms. The summed E-state index contributed by atoms with van der Waals surface area (Å²) in [6.45, 7) is 2.40. The number of nitrogens with zero attached hydrogens (tertiary/aromatic N) is 2. The molecule has 0 aromatic heterocycles. The summed E-state index contributed by atoms with van der Waals surface area (Å²) in [5.74, 6) is 0.189. The standard InChI is InChI=1S/C24H27N3O5/c1-4-5-12-26-22(29)19-8-6-7-9-20(19)27-21(28)10-11-24(26,27)23(30)25-16-13-17(31-2)15-18(14-16)32-3/h6-9,13-15H,4-5,10-12H2,1-3H3,(H,25,30)/t24-/m1/s1. The summed E-state index contributed by atoms with van der Waals surface area (Å²) in [5.41, 5.74) is -0.0494. The first-order chi connectivity index (χ1) is 15.5. The lowest BCUT2D eigenvalue weighted by molar-refractivity contribution is -0.129. The Morgan fingerprint density at radius 2 is 1.78 bits per heavy atom. The van der Waals surface area contributed by atoms with Crippen molar-refractivity contribution in [3.05, 3.63) is 48.0 Å². The molecule has 0 saturated carbocycles. The Morgan fingerprint density at radius 1 is 1.09 bits per heavy atom. The van der Waals surface area contributed by atoms with Crippen LogP contribution in [0.1, 0.15) is 43.0 Å².